The van der Waals surface area contributed by atoms with Gasteiger partial charge < -0.3 is 5.32 Å². The van der Waals surface area contributed by atoms with Crippen LogP contribution in [-0.4, -0.2) is 53.3 Å². The Labute approximate surface area is 144 Å². The highest BCUT2D eigenvalue weighted by molar-refractivity contribution is 7.89. The lowest BCUT2D eigenvalue weighted by Crippen LogP contribution is -2.45. The molecule has 8 heteroatoms. The summed E-state index contributed by atoms with van der Waals surface area (Å²) < 4.78 is 27.6. The van der Waals surface area contributed by atoms with Gasteiger partial charge in [0.1, 0.15) is 0 Å². The minimum Gasteiger partial charge on any atom is -0.348 e. The summed E-state index contributed by atoms with van der Waals surface area (Å²) in [6.45, 7) is 7.28. The third-order valence-corrected chi connectivity index (χ3v) is 6.36. The normalized spacial score (nSPS) is 19.9. The minimum atomic E-state index is -3.22. The molecule has 2 rings (SSSR count). The van der Waals surface area contributed by atoms with Gasteiger partial charge in [0.15, 0.2) is 0 Å². The second-order valence-corrected chi connectivity index (χ2v) is 8.55. The van der Waals surface area contributed by atoms with Crippen molar-refractivity contribution in [1.29, 1.82) is 0 Å². The second-order valence-electron chi connectivity index (χ2n) is 6.29. The number of hydrogen-bond acceptors (Lipinski definition) is 4. The van der Waals surface area contributed by atoms with Gasteiger partial charge in [0, 0.05) is 31.4 Å². The summed E-state index contributed by atoms with van der Waals surface area (Å²) in [5, 5.41) is 7.25. The van der Waals surface area contributed by atoms with Gasteiger partial charge in [0.2, 0.25) is 10.0 Å². The first-order chi connectivity index (χ1) is 11.4. The lowest BCUT2D eigenvalue weighted by atomic mass is 10.1. The zero-order chi connectivity index (χ0) is 17.7. The average Bonchev–Trinajstić information content (AvgIpc) is 2.76. The zero-order valence-electron chi connectivity index (χ0n) is 14.8. The van der Waals surface area contributed by atoms with Crippen molar-refractivity contribution >= 4 is 15.9 Å². The largest absolute Gasteiger partial charge is 0.348 e. The Morgan fingerprint density at radius 3 is 2.79 bits per heavy atom. The molecule has 1 unspecified atom stereocenters. The molecule has 0 aliphatic carbocycles. The summed E-state index contributed by atoms with van der Waals surface area (Å²) in [6.07, 6.45) is 5.09. The first kappa shape index (κ1) is 18.9. The summed E-state index contributed by atoms with van der Waals surface area (Å²) in [5.74, 6) is -0.0769. The van der Waals surface area contributed by atoms with Crippen molar-refractivity contribution in [2.75, 3.05) is 18.8 Å². The highest BCUT2D eigenvalue weighted by atomic mass is 32.2. The van der Waals surface area contributed by atoms with Crippen LogP contribution in [0.15, 0.2) is 6.20 Å². The lowest BCUT2D eigenvalue weighted by molar-refractivity contribution is 0.0931. The molecule has 1 aromatic rings. The summed E-state index contributed by atoms with van der Waals surface area (Å²) in [4.78, 5) is 12.6. The van der Waals surface area contributed by atoms with Gasteiger partial charge in [0.25, 0.3) is 5.91 Å². The quantitative estimate of drug-likeness (QED) is 0.838. The van der Waals surface area contributed by atoms with Crippen LogP contribution in [0.25, 0.3) is 0 Å². The molecule has 0 bridgehead atoms. The lowest BCUT2D eigenvalue weighted by Gasteiger charge is -2.24. The molecule has 0 aromatic carbocycles. The van der Waals surface area contributed by atoms with E-state index >= 15 is 0 Å². The van der Waals surface area contributed by atoms with Crippen LogP contribution >= 0.6 is 0 Å². The van der Waals surface area contributed by atoms with E-state index in [4.69, 9.17) is 0 Å². The molecule has 136 valence electrons. The van der Waals surface area contributed by atoms with Crippen LogP contribution in [0.2, 0.25) is 0 Å². The first-order valence-corrected chi connectivity index (χ1v) is 10.3. The molecule has 1 saturated heterocycles. The van der Waals surface area contributed by atoms with E-state index < -0.39 is 10.0 Å². The highest BCUT2D eigenvalue weighted by Crippen LogP contribution is 2.16. The van der Waals surface area contributed by atoms with Crippen molar-refractivity contribution in [3.8, 4) is 0 Å². The molecule has 0 radical (unpaired) electrons. The SMILES string of the molecule is CCCn1ncc(C(=O)NC2CCCCN(S(=O)(=O)CC)C2)c1C. The van der Waals surface area contributed by atoms with Crippen molar-refractivity contribution in [2.45, 2.75) is 59.0 Å². The van der Waals surface area contributed by atoms with E-state index in [1.807, 2.05) is 11.6 Å². The number of hydrogen-bond donors (Lipinski definition) is 1. The molecule has 1 aliphatic rings. The third kappa shape index (κ3) is 4.36. The van der Waals surface area contributed by atoms with Crippen LogP contribution in [0.5, 0.6) is 0 Å². The van der Waals surface area contributed by atoms with Gasteiger partial charge in [-0.15, -0.1) is 0 Å². The van der Waals surface area contributed by atoms with Gasteiger partial charge in [-0.05, 0) is 33.1 Å². The molecule has 0 saturated carbocycles. The van der Waals surface area contributed by atoms with Gasteiger partial charge in [-0.25, -0.2) is 8.42 Å². The number of sulfonamides is 1. The topological polar surface area (TPSA) is 84.3 Å². The molecule has 1 N–H and O–H groups in total. The number of amides is 1. The van der Waals surface area contributed by atoms with Crippen molar-refractivity contribution in [3.05, 3.63) is 17.5 Å². The molecular weight excluding hydrogens is 328 g/mol. The molecule has 1 fully saturated rings. The monoisotopic (exact) mass is 356 g/mol. The average molecular weight is 356 g/mol. The van der Waals surface area contributed by atoms with Crippen molar-refractivity contribution in [3.63, 3.8) is 0 Å². The van der Waals surface area contributed by atoms with Crippen molar-refractivity contribution in [1.82, 2.24) is 19.4 Å². The van der Waals surface area contributed by atoms with E-state index in [1.165, 1.54) is 4.31 Å². The minimum absolute atomic E-state index is 0.0938. The van der Waals surface area contributed by atoms with Crippen LogP contribution in [0.3, 0.4) is 0 Å². The number of carbonyl (C=O) groups is 1. The zero-order valence-corrected chi connectivity index (χ0v) is 15.6. The number of nitrogens with zero attached hydrogens (tertiary/aromatic N) is 3. The second kappa shape index (κ2) is 8.11. The fourth-order valence-corrected chi connectivity index (χ4v) is 4.21. The predicted molar refractivity (Wildman–Crippen MR) is 93.4 cm³/mol. The number of nitrogens with one attached hydrogen (secondary N) is 1. The maximum Gasteiger partial charge on any atom is 0.255 e. The van der Waals surface area contributed by atoms with E-state index in [1.54, 1.807) is 13.1 Å². The molecule has 7 nitrogen and oxygen atoms in total. The maximum absolute atomic E-state index is 12.6. The Kier molecular flexibility index (Phi) is 6.40. The van der Waals surface area contributed by atoms with Crippen LogP contribution in [0.1, 0.15) is 55.6 Å². The molecule has 1 aliphatic heterocycles. The summed E-state index contributed by atoms with van der Waals surface area (Å²) in [7, 11) is -3.22. The van der Waals surface area contributed by atoms with Gasteiger partial charge >= 0.3 is 0 Å². The van der Waals surface area contributed by atoms with Crippen LogP contribution < -0.4 is 5.32 Å². The van der Waals surface area contributed by atoms with Gasteiger partial charge in [-0.3, -0.25) is 9.48 Å². The van der Waals surface area contributed by atoms with Gasteiger partial charge in [-0.2, -0.15) is 9.40 Å². The molecule has 0 spiro atoms. The number of aromatic nitrogens is 2. The first-order valence-electron chi connectivity index (χ1n) is 8.70. The Morgan fingerprint density at radius 2 is 2.12 bits per heavy atom. The molecular formula is C16H28N4O3S. The Hall–Kier alpha value is -1.41. The van der Waals surface area contributed by atoms with E-state index in [-0.39, 0.29) is 17.7 Å². The van der Waals surface area contributed by atoms with E-state index in [9.17, 15) is 13.2 Å². The molecule has 1 atom stereocenters. The fraction of sp³-hybridized carbons (Fsp3) is 0.750. The predicted octanol–water partition coefficient (Wildman–Crippen LogP) is 1.54. The van der Waals surface area contributed by atoms with Gasteiger partial charge in [0.05, 0.1) is 17.5 Å². The van der Waals surface area contributed by atoms with E-state index in [0.29, 0.717) is 18.7 Å². The number of carbonyl (C=O) groups excluding carboxylic acids is 1. The van der Waals surface area contributed by atoms with Crippen LogP contribution in [0.4, 0.5) is 0 Å². The van der Waals surface area contributed by atoms with Gasteiger partial charge in [-0.1, -0.05) is 13.3 Å². The summed E-state index contributed by atoms with van der Waals surface area (Å²) in [6, 6.07) is -0.157. The molecule has 1 amide bonds. The number of rotatable bonds is 6. The molecule has 1 aromatic heterocycles. The fourth-order valence-electron chi connectivity index (χ4n) is 3.03. The van der Waals surface area contributed by atoms with Crippen LogP contribution in [-0.2, 0) is 16.6 Å². The third-order valence-electron chi connectivity index (χ3n) is 4.51. The van der Waals surface area contributed by atoms with Crippen molar-refractivity contribution in [2.24, 2.45) is 0 Å². The number of aryl methyl sites for hydroxylation is 1. The van der Waals surface area contributed by atoms with Crippen LogP contribution in [0, 0.1) is 6.92 Å². The highest BCUT2D eigenvalue weighted by Gasteiger charge is 2.27. The standard InChI is InChI=1S/C16H28N4O3S/c1-4-9-20-13(3)15(11-17-20)16(21)18-14-8-6-7-10-19(12-14)24(22,23)5-2/h11,14H,4-10,12H2,1-3H3,(H,18,21). The molecule has 24 heavy (non-hydrogen) atoms. The molecule has 2 heterocycles. The Balaban J connectivity index is 2.07. The smallest absolute Gasteiger partial charge is 0.255 e. The van der Waals surface area contributed by atoms with E-state index in [2.05, 4.69) is 17.3 Å². The Morgan fingerprint density at radius 1 is 1.38 bits per heavy atom. The van der Waals surface area contributed by atoms with Crippen molar-refractivity contribution < 1.29 is 13.2 Å². The summed E-state index contributed by atoms with van der Waals surface area (Å²) >= 11 is 0. The Bertz CT molecular complexity index is 669. The maximum atomic E-state index is 12.6. The summed E-state index contributed by atoms with van der Waals surface area (Å²) in [5.41, 5.74) is 1.42. The van der Waals surface area contributed by atoms with E-state index in [0.717, 1.165) is 37.9 Å².